The lowest BCUT2D eigenvalue weighted by Crippen LogP contribution is -2.30. The average molecular weight is 480 g/mol. The van der Waals surface area contributed by atoms with Crippen LogP contribution in [0, 0.1) is 13.8 Å². The zero-order valence-corrected chi connectivity index (χ0v) is 20.6. The number of carbonyl (C=O) groups excluding carboxylic acids is 1. The van der Waals surface area contributed by atoms with Crippen molar-refractivity contribution in [1.29, 1.82) is 0 Å². The molecule has 0 aliphatic carbocycles. The molecule has 0 N–H and O–H groups in total. The average Bonchev–Trinajstić information content (AvgIpc) is 3.22. The maximum Gasteiger partial charge on any atom is 0.260 e. The number of thiazole rings is 1. The Kier molecular flexibility index (Phi) is 6.32. The van der Waals surface area contributed by atoms with Crippen molar-refractivity contribution in [2.24, 2.45) is 0 Å². The van der Waals surface area contributed by atoms with Gasteiger partial charge in [0.15, 0.2) is 15.0 Å². The standard InChI is InChI=1S/C25H25N3O3S2/c1-16(2)33(30,31)21-7-5-20(6-8-21)24(29)28(15-19-9-11-26-12-10-19)25-27-23-18(4)13-17(3)14-22(23)32-25/h5-14,16H,15H2,1-4H3. The normalized spacial score (nSPS) is 11.8. The number of rotatable bonds is 6. The number of hydrogen-bond acceptors (Lipinski definition) is 6. The van der Waals surface area contributed by atoms with E-state index in [0.717, 1.165) is 26.9 Å². The molecule has 4 aromatic rings. The van der Waals surface area contributed by atoms with Crippen molar-refractivity contribution in [2.75, 3.05) is 4.90 Å². The fraction of sp³-hybridized carbons (Fsp3) is 0.240. The number of sulfone groups is 1. The molecule has 0 aliphatic heterocycles. The van der Waals surface area contributed by atoms with Crippen LogP contribution in [0.3, 0.4) is 0 Å². The molecular weight excluding hydrogens is 454 g/mol. The second kappa shape index (κ2) is 9.03. The molecule has 0 saturated carbocycles. The van der Waals surface area contributed by atoms with E-state index >= 15 is 0 Å². The highest BCUT2D eigenvalue weighted by Gasteiger charge is 2.24. The Hall–Kier alpha value is -3.10. The van der Waals surface area contributed by atoms with Crippen LogP contribution in [0.25, 0.3) is 10.2 Å². The second-order valence-corrected chi connectivity index (χ2v) is 11.8. The Labute approximate surface area is 197 Å². The molecule has 8 heteroatoms. The highest BCUT2D eigenvalue weighted by Crippen LogP contribution is 2.33. The second-order valence-electron chi connectivity index (χ2n) is 8.29. The minimum absolute atomic E-state index is 0.209. The molecule has 0 spiro atoms. The van der Waals surface area contributed by atoms with Crippen LogP contribution in [0.4, 0.5) is 5.13 Å². The molecule has 2 aromatic carbocycles. The molecule has 170 valence electrons. The van der Waals surface area contributed by atoms with Crippen molar-refractivity contribution >= 4 is 42.4 Å². The van der Waals surface area contributed by atoms with Gasteiger partial charge >= 0.3 is 0 Å². The van der Waals surface area contributed by atoms with Crippen molar-refractivity contribution in [2.45, 2.75) is 44.4 Å². The summed E-state index contributed by atoms with van der Waals surface area (Å²) in [6, 6.07) is 14.0. The summed E-state index contributed by atoms with van der Waals surface area (Å²) in [6.45, 7) is 7.66. The number of aromatic nitrogens is 2. The Morgan fingerprint density at radius 1 is 1.03 bits per heavy atom. The predicted octanol–water partition coefficient (Wildman–Crippen LogP) is 5.34. The summed E-state index contributed by atoms with van der Waals surface area (Å²) < 4.78 is 25.9. The summed E-state index contributed by atoms with van der Waals surface area (Å²) in [5, 5.41) is 0.0658. The maximum absolute atomic E-state index is 13.6. The van der Waals surface area contributed by atoms with Gasteiger partial charge < -0.3 is 0 Å². The molecule has 6 nitrogen and oxygen atoms in total. The van der Waals surface area contributed by atoms with E-state index in [1.807, 2.05) is 26.0 Å². The predicted molar refractivity (Wildman–Crippen MR) is 133 cm³/mol. The van der Waals surface area contributed by atoms with E-state index in [9.17, 15) is 13.2 Å². The molecule has 2 aromatic heterocycles. The number of fused-ring (bicyclic) bond motifs is 1. The minimum atomic E-state index is -3.41. The van der Waals surface area contributed by atoms with Crippen LogP contribution in [0.2, 0.25) is 0 Å². The molecule has 0 atom stereocenters. The van der Waals surface area contributed by atoms with Gasteiger partial charge in [0.25, 0.3) is 5.91 Å². The third kappa shape index (κ3) is 4.67. The molecule has 1 amide bonds. The smallest absolute Gasteiger partial charge is 0.260 e. The molecule has 0 fully saturated rings. The first-order chi connectivity index (χ1) is 15.7. The van der Waals surface area contributed by atoms with Crippen molar-refractivity contribution in [3.8, 4) is 0 Å². The molecule has 4 rings (SSSR count). The maximum atomic E-state index is 13.6. The largest absolute Gasteiger partial charge is 0.279 e. The van der Waals surface area contributed by atoms with Gasteiger partial charge in [0, 0.05) is 18.0 Å². The zero-order chi connectivity index (χ0) is 23.8. The third-order valence-electron chi connectivity index (χ3n) is 5.44. The van der Waals surface area contributed by atoms with E-state index in [2.05, 4.69) is 17.1 Å². The van der Waals surface area contributed by atoms with E-state index in [-0.39, 0.29) is 10.8 Å². The first-order valence-corrected chi connectivity index (χ1v) is 13.0. The Morgan fingerprint density at radius 2 is 1.70 bits per heavy atom. The Morgan fingerprint density at radius 3 is 2.33 bits per heavy atom. The minimum Gasteiger partial charge on any atom is -0.279 e. The summed E-state index contributed by atoms with van der Waals surface area (Å²) >= 11 is 1.47. The van der Waals surface area contributed by atoms with Crippen molar-refractivity contribution < 1.29 is 13.2 Å². The summed E-state index contributed by atoms with van der Waals surface area (Å²) in [4.78, 5) is 24.3. The Bertz CT molecular complexity index is 1410. The molecule has 0 bridgehead atoms. The summed E-state index contributed by atoms with van der Waals surface area (Å²) in [5.41, 5.74) is 4.41. The molecule has 33 heavy (non-hydrogen) atoms. The van der Waals surface area contributed by atoms with Gasteiger partial charge in [0.05, 0.1) is 26.9 Å². The van der Waals surface area contributed by atoms with Gasteiger partial charge in [-0.1, -0.05) is 17.4 Å². The van der Waals surface area contributed by atoms with E-state index in [0.29, 0.717) is 17.2 Å². The number of carbonyl (C=O) groups is 1. The third-order valence-corrected chi connectivity index (χ3v) is 8.63. The number of amides is 1. The highest BCUT2D eigenvalue weighted by molar-refractivity contribution is 7.92. The molecule has 0 unspecified atom stereocenters. The lowest BCUT2D eigenvalue weighted by molar-refractivity contribution is 0.0985. The lowest BCUT2D eigenvalue weighted by Gasteiger charge is -2.20. The quantitative estimate of drug-likeness (QED) is 0.373. The lowest BCUT2D eigenvalue weighted by atomic mass is 10.1. The van der Waals surface area contributed by atoms with Crippen LogP contribution in [0.1, 0.15) is 40.9 Å². The van der Waals surface area contributed by atoms with Crippen LogP contribution in [-0.4, -0.2) is 29.5 Å². The first kappa shape index (κ1) is 23.1. The van der Waals surface area contributed by atoms with E-state index in [1.54, 1.807) is 43.3 Å². The number of hydrogen-bond donors (Lipinski definition) is 0. The van der Waals surface area contributed by atoms with Crippen LogP contribution in [0.15, 0.2) is 65.8 Å². The Balaban J connectivity index is 1.75. The number of anilines is 1. The van der Waals surface area contributed by atoms with Gasteiger partial charge in [0.2, 0.25) is 0 Å². The number of nitrogens with zero attached hydrogens (tertiary/aromatic N) is 3. The van der Waals surface area contributed by atoms with Crippen LogP contribution in [0.5, 0.6) is 0 Å². The monoisotopic (exact) mass is 479 g/mol. The number of aryl methyl sites for hydroxylation is 2. The molecule has 0 radical (unpaired) electrons. The molecule has 0 aliphatic rings. The SMILES string of the molecule is Cc1cc(C)c2nc(N(Cc3ccncc3)C(=O)c3ccc(S(=O)(=O)C(C)C)cc3)sc2c1. The fourth-order valence-corrected chi connectivity index (χ4v) is 5.79. The highest BCUT2D eigenvalue weighted by atomic mass is 32.2. The first-order valence-electron chi connectivity index (χ1n) is 10.6. The summed E-state index contributed by atoms with van der Waals surface area (Å²) in [5.74, 6) is -0.242. The number of pyridine rings is 1. The topological polar surface area (TPSA) is 80.2 Å². The molecule has 0 saturated heterocycles. The number of benzene rings is 2. The molecule has 2 heterocycles. The van der Waals surface area contributed by atoms with Crippen molar-refractivity contribution in [1.82, 2.24) is 9.97 Å². The fourth-order valence-electron chi connectivity index (χ4n) is 3.59. The zero-order valence-electron chi connectivity index (χ0n) is 18.9. The van der Waals surface area contributed by atoms with Crippen molar-refractivity contribution in [3.63, 3.8) is 0 Å². The van der Waals surface area contributed by atoms with E-state index in [1.165, 1.54) is 23.5 Å². The van der Waals surface area contributed by atoms with Gasteiger partial charge in [0.1, 0.15) is 0 Å². The van der Waals surface area contributed by atoms with Crippen LogP contribution in [-0.2, 0) is 16.4 Å². The van der Waals surface area contributed by atoms with Gasteiger partial charge in [-0.3, -0.25) is 14.7 Å². The summed E-state index contributed by atoms with van der Waals surface area (Å²) in [6.07, 6.45) is 3.38. The molecular formula is C25H25N3O3S2. The van der Waals surface area contributed by atoms with Crippen molar-refractivity contribution in [3.05, 3.63) is 83.2 Å². The van der Waals surface area contributed by atoms with Gasteiger partial charge in [-0.15, -0.1) is 0 Å². The van der Waals surface area contributed by atoms with Gasteiger partial charge in [-0.2, -0.15) is 0 Å². The van der Waals surface area contributed by atoms with Crippen LogP contribution < -0.4 is 4.90 Å². The van der Waals surface area contributed by atoms with Gasteiger partial charge in [-0.25, -0.2) is 13.4 Å². The van der Waals surface area contributed by atoms with E-state index < -0.39 is 15.1 Å². The van der Waals surface area contributed by atoms with Crippen LogP contribution >= 0.6 is 11.3 Å². The summed E-state index contributed by atoms with van der Waals surface area (Å²) in [7, 11) is -3.41. The van der Waals surface area contributed by atoms with E-state index in [4.69, 9.17) is 4.98 Å². The van der Waals surface area contributed by atoms with Gasteiger partial charge in [-0.05, 0) is 86.8 Å².